The summed E-state index contributed by atoms with van der Waals surface area (Å²) in [4.78, 5) is 27.0. The predicted molar refractivity (Wildman–Crippen MR) is 74.9 cm³/mol. The summed E-state index contributed by atoms with van der Waals surface area (Å²) in [5.74, 6) is -1.29. The Morgan fingerprint density at radius 2 is 2.19 bits per heavy atom. The highest BCUT2D eigenvalue weighted by Gasteiger charge is 2.40. The van der Waals surface area contributed by atoms with Crippen molar-refractivity contribution in [3.05, 3.63) is 18.3 Å². The van der Waals surface area contributed by atoms with Crippen LogP contribution in [0.25, 0.3) is 0 Å². The first-order valence-corrected chi connectivity index (χ1v) is 7.86. The minimum Gasteiger partial charge on any atom is -0.383 e. The zero-order chi connectivity index (χ0) is 15.6. The number of carbonyl (C=O) groups excluding carboxylic acids is 2. The molecule has 1 aliphatic rings. The van der Waals surface area contributed by atoms with E-state index < -0.39 is 34.4 Å². The van der Waals surface area contributed by atoms with Gasteiger partial charge in [-0.2, -0.15) is 4.31 Å². The van der Waals surface area contributed by atoms with Crippen molar-refractivity contribution in [2.24, 2.45) is 0 Å². The van der Waals surface area contributed by atoms with Gasteiger partial charge in [0, 0.05) is 12.7 Å². The van der Waals surface area contributed by atoms with Crippen LogP contribution in [0, 0.1) is 0 Å². The second-order valence-electron chi connectivity index (χ2n) is 4.53. The number of carbonyl (C=O) groups is 2. The molecule has 2 amide bonds. The number of hydrogen-bond acceptors (Lipinski definition) is 6. The SMILES string of the molecule is CCNc1cccnc1S(=O)(=O)N1CC(=O)NC(=O)C1C. The molecule has 8 nitrogen and oxygen atoms in total. The average molecular weight is 312 g/mol. The molecule has 1 fully saturated rings. The second kappa shape index (κ2) is 5.78. The molecule has 1 atom stereocenters. The van der Waals surface area contributed by atoms with E-state index in [0.717, 1.165) is 4.31 Å². The average Bonchev–Trinajstić information content (AvgIpc) is 2.43. The number of sulfonamides is 1. The zero-order valence-electron chi connectivity index (χ0n) is 11.7. The van der Waals surface area contributed by atoms with Crippen LogP contribution >= 0.6 is 0 Å². The Morgan fingerprint density at radius 3 is 2.86 bits per heavy atom. The Morgan fingerprint density at radius 1 is 1.48 bits per heavy atom. The molecular formula is C12H16N4O4S. The number of amides is 2. The highest BCUT2D eigenvalue weighted by atomic mass is 32.2. The van der Waals surface area contributed by atoms with Crippen LogP contribution in [-0.2, 0) is 19.6 Å². The first-order chi connectivity index (χ1) is 9.87. The summed E-state index contributed by atoms with van der Waals surface area (Å²) in [5.41, 5.74) is 0.339. The van der Waals surface area contributed by atoms with Crippen LogP contribution in [0.1, 0.15) is 13.8 Å². The number of nitrogens with zero attached hydrogens (tertiary/aromatic N) is 2. The largest absolute Gasteiger partial charge is 0.383 e. The molecule has 9 heteroatoms. The monoisotopic (exact) mass is 312 g/mol. The Labute approximate surface area is 122 Å². The van der Waals surface area contributed by atoms with E-state index in [2.05, 4.69) is 15.6 Å². The Hall–Kier alpha value is -2.00. The third-order valence-corrected chi connectivity index (χ3v) is 4.94. The highest BCUT2D eigenvalue weighted by molar-refractivity contribution is 7.89. The van der Waals surface area contributed by atoms with Gasteiger partial charge in [-0.3, -0.25) is 14.9 Å². The van der Waals surface area contributed by atoms with Crippen molar-refractivity contribution in [1.29, 1.82) is 0 Å². The van der Waals surface area contributed by atoms with E-state index in [9.17, 15) is 18.0 Å². The fraction of sp³-hybridized carbons (Fsp3) is 0.417. The molecule has 1 aromatic rings. The first kappa shape index (κ1) is 15.4. The molecule has 21 heavy (non-hydrogen) atoms. The molecule has 0 bridgehead atoms. The maximum absolute atomic E-state index is 12.7. The minimum atomic E-state index is -4.05. The van der Waals surface area contributed by atoms with Crippen LogP contribution in [0.2, 0.25) is 0 Å². The molecule has 2 N–H and O–H groups in total. The van der Waals surface area contributed by atoms with Gasteiger partial charge < -0.3 is 5.32 Å². The molecule has 0 spiro atoms. The van der Waals surface area contributed by atoms with Crippen LogP contribution < -0.4 is 10.6 Å². The van der Waals surface area contributed by atoms with Crippen molar-refractivity contribution in [1.82, 2.24) is 14.6 Å². The van der Waals surface area contributed by atoms with Gasteiger partial charge in [-0.25, -0.2) is 13.4 Å². The van der Waals surface area contributed by atoms with Crippen LogP contribution in [0.4, 0.5) is 5.69 Å². The molecule has 1 saturated heterocycles. The lowest BCUT2D eigenvalue weighted by Crippen LogP contribution is -2.58. The van der Waals surface area contributed by atoms with E-state index in [-0.39, 0.29) is 5.03 Å². The number of anilines is 1. The maximum Gasteiger partial charge on any atom is 0.263 e. The quantitative estimate of drug-likeness (QED) is 0.729. The van der Waals surface area contributed by atoms with Crippen molar-refractivity contribution in [2.75, 3.05) is 18.4 Å². The maximum atomic E-state index is 12.7. The van der Waals surface area contributed by atoms with Gasteiger partial charge in [0.25, 0.3) is 10.0 Å². The molecule has 0 aromatic carbocycles. The third-order valence-electron chi connectivity index (χ3n) is 3.06. The van der Waals surface area contributed by atoms with Gasteiger partial charge in [0.15, 0.2) is 5.03 Å². The normalized spacial score (nSPS) is 20.2. The Balaban J connectivity index is 2.46. The van der Waals surface area contributed by atoms with Gasteiger partial charge in [0.1, 0.15) is 6.04 Å². The van der Waals surface area contributed by atoms with Gasteiger partial charge in [0.2, 0.25) is 11.8 Å². The van der Waals surface area contributed by atoms with E-state index in [1.807, 2.05) is 6.92 Å². The molecule has 0 aliphatic carbocycles. The topological polar surface area (TPSA) is 108 Å². The van der Waals surface area contributed by atoms with Crippen LogP contribution in [-0.4, -0.2) is 48.7 Å². The lowest BCUT2D eigenvalue weighted by Gasteiger charge is -2.30. The molecule has 0 saturated carbocycles. The minimum absolute atomic E-state index is 0.193. The molecule has 1 aromatic heterocycles. The van der Waals surface area contributed by atoms with E-state index >= 15 is 0 Å². The molecule has 2 rings (SSSR count). The molecule has 2 heterocycles. The fourth-order valence-corrected chi connectivity index (χ4v) is 3.65. The van der Waals surface area contributed by atoms with Crippen molar-refractivity contribution in [2.45, 2.75) is 24.9 Å². The second-order valence-corrected chi connectivity index (χ2v) is 6.33. The molecular weight excluding hydrogens is 296 g/mol. The van der Waals surface area contributed by atoms with Gasteiger partial charge in [-0.15, -0.1) is 0 Å². The van der Waals surface area contributed by atoms with E-state index in [1.54, 1.807) is 12.1 Å². The summed E-state index contributed by atoms with van der Waals surface area (Å²) in [6.45, 7) is 3.36. The first-order valence-electron chi connectivity index (χ1n) is 6.42. The number of pyridine rings is 1. The van der Waals surface area contributed by atoms with Crippen molar-refractivity contribution < 1.29 is 18.0 Å². The van der Waals surface area contributed by atoms with Crippen LogP contribution in [0.15, 0.2) is 23.4 Å². The third kappa shape index (κ3) is 2.88. The van der Waals surface area contributed by atoms with Crippen molar-refractivity contribution in [3.8, 4) is 0 Å². The number of aromatic nitrogens is 1. The summed E-state index contributed by atoms with van der Waals surface area (Å²) < 4.78 is 26.2. The van der Waals surface area contributed by atoms with Crippen LogP contribution in [0.5, 0.6) is 0 Å². The van der Waals surface area contributed by atoms with E-state index in [1.165, 1.54) is 13.1 Å². The summed E-state index contributed by atoms with van der Waals surface area (Å²) in [5, 5.41) is 4.81. The van der Waals surface area contributed by atoms with E-state index in [0.29, 0.717) is 12.2 Å². The molecule has 1 unspecified atom stereocenters. The summed E-state index contributed by atoms with van der Waals surface area (Å²) in [6.07, 6.45) is 1.35. The summed E-state index contributed by atoms with van der Waals surface area (Å²) >= 11 is 0. The number of rotatable bonds is 4. The summed E-state index contributed by atoms with van der Waals surface area (Å²) in [6, 6.07) is 2.22. The fourth-order valence-electron chi connectivity index (χ4n) is 2.02. The molecule has 114 valence electrons. The van der Waals surface area contributed by atoms with Gasteiger partial charge in [0.05, 0.1) is 12.2 Å². The van der Waals surface area contributed by atoms with Crippen molar-refractivity contribution in [3.63, 3.8) is 0 Å². The van der Waals surface area contributed by atoms with Gasteiger partial charge in [-0.05, 0) is 26.0 Å². The standard InChI is InChI=1S/C12H16N4O4S/c1-3-13-9-5-4-6-14-12(9)21(19,20)16-7-10(17)15-11(18)8(16)2/h4-6,8,13H,3,7H2,1-2H3,(H,15,17,18). The predicted octanol–water partition coefficient (Wildman–Crippen LogP) is -0.451. The lowest BCUT2D eigenvalue weighted by atomic mass is 10.2. The van der Waals surface area contributed by atoms with Crippen LogP contribution in [0.3, 0.4) is 0 Å². The molecule has 0 radical (unpaired) electrons. The number of piperazine rings is 1. The zero-order valence-corrected chi connectivity index (χ0v) is 12.5. The van der Waals surface area contributed by atoms with Gasteiger partial charge in [-0.1, -0.05) is 0 Å². The highest BCUT2D eigenvalue weighted by Crippen LogP contribution is 2.24. The number of hydrogen-bond donors (Lipinski definition) is 2. The van der Waals surface area contributed by atoms with Crippen molar-refractivity contribution >= 4 is 27.5 Å². The Kier molecular flexibility index (Phi) is 4.24. The lowest BCUT2D eigenvalue weighted by molar-refractivity contribution is -0.136. The smallest absolute Gasteiger partial charge is 0.263 e. The number of imide groups is 1. The summed E-state index contributed by atoms with van der Waals surface area (Å²) in [7, 11) is -4.05. The van der Waals surface area contributed by atoms with E-state index in [4.69, 9.17) is 0 Å². The van der Waals surface area contributed by atoms with Gasteiger partial charge >= 0.3 is 0 Å². The molecule has 1 aliphatic heterocycles. The Bertz CT molecular complexity index is 674. The number of nitrogens with one attached hydrogen (secondary N) is 2.